The van der Waals surface area contributed by atoms with Gasteiger partial charge in [-0.3, -0.25) is 9.69 Å². The molecular weight excluding hydrogens is 292 g/mol. The van der Waals surface area contributed by atoms with E-state index in [1.807, 2.05) is 18.2 Å². The molecule has 1 aromatic carbocycles. The highest BCUT2D eigenvalue weighted by Gasteiger charge is 2.31. The summed E-state index contributed by atoms with van der Waals surface area (Å²) in [4.78, 5) is 16.1. The molecule has 1 saturated carbocycles. The van der Waals surface area contributed by atoms with Crippen LogP contribution in [0.25, 0.3) is 0 Å². The van der Waals surface area contributed by atoms with Crippen molar-refractivity contribution in [2.75, 3.05) is 31.1 Å². The van der Waals surface area contributed by atoms with Crippen LogP contribution in [0.4, 0.5) is 5.69 Å². The number of halogens is 1. The Morgan fingerprint density at radius 3 is 2.50 bits per heavy atom. The van der Waals surface area contributed by atoms with Crippen LogP contribution in [0, 0.1) is 0 Å². The van der Waals surface area contributed by atoms with Crippen molar-refractivity contribution in [3.8, 4) is 0 Å². The number of hydrogen-bond acceptors (Lipinski definition) is 3. The molecule has 1 aliphatic heterocycles. The lowest BCUT2D eigenvalue weighted by Gasteiger charge is -2.36. The molecule has 0 radical (unpaired) electrons. The molecule has 3 rings (SSSR count). The fraction of sp³-hybridized carbons (Fsp3) is 0.500. The van der Waals surface area contributed by atoms with Gasteiger partial charge in [0.2, 0.25) is 0 Å². The van der Waals surface area contributed by atoms with E-state index in [1.165, 1.54) is 12.8 Å². The quantitative estimate of drug-likeness (QED) is 0.802. The molecule has 96 valence electrons. The molecule has 0 unspecified atom stereocenters. The van der Waals surface area contributed by atoms with Crippen LogP contribution < -0.4 is 4.90 Å². The highest BCUT2D eigenvalue weighted by atomic mass is 79.9. The fourth-order valence-corrected chi connectivity index (χ4v) is 3.05. The molecule has 0 spiro atoms. The molecule has 1 aliphatic carbocycles. The van der Waals surface area contributed by atoms with E-state index in [2.05, 4.69) is 25.7 Å². The molecule has 3 nitrogen and oxygen atoms in total. The number of carbonyl (C=O) groups excluding carboxylic acids is 1. The number of nitrogens with zero attached hydrogens (tertiary/aromatic N) is 2. The van der Waals surface area contributed by atoms with Crippen LogP contribution in [0.2, 0.25) is 0 Å². The molecule has 1 heterocycles. The summed E-state index contributed by atoms with van der Waals surface area (Å²) >= 11 is 3.41. The smallest absolute Gasteiger partial charge is 0.152 e. The van der Waals surface area contributed by atoms with Gasteiger partial charge in [-0.05, 0) is 31.0 Å². The molecule has 2 aliphatic rings. The van der Waals surface area contributed by atoms with Gasteiger partial charge >= 0.3 is 0 Å². The number of aldehydes is 1. The van der Waals surface area contributed by atoms with Crippen molar-refractivity contribution in [1.29, 1.82) is 0 Å². The molecule has 18 heavy (non-hydrogen) atoms. The molecule has 0 atom stereocenters. The Bertz CT molecular complexity index is 451. The monoisotopic (exact) mass is 308 g/mol. The highest BCUT2D eigenvalue weighted by Crippen LogP contribution is 2.29. The second-order valence-corrected chi connectivity index (χ2v) is 5.99. The Labute approximate surface area is 116 Å². The number of benzene rings is 1. The number of hydrogen-bond donors (Lipinski definition) is 0. The van der Waals surface area contributed by atoms with Gasteiger partial charge in [-0.1, -0.05) is 15.9 Å². The molecule has 1 saturated heterocycles. The highest BCUT2D eigenvalue weighted by molar-refractivity contribution is 9.10. The van der Waals surface area contributed by atoms with Crippen molar-refractivity contribution in [2.24, 2.45) is 0 Å². The predicted molar refractivity (Wildman–Crippen MR) is 76.3 cm³/mol. The average molecular weight is 309 g/mol. The summed E-state index contributed by atoms with van der Waals surface area (Å²) in [5.41, 5.74) is 1.85. The zero-order chi connectivity index (χ0) is 12.5. The number of piperazine rings is 1. The van der Waals surface area contributed by atoms with E-state index in [0.717, 1.165) is 54.2 Å². The Morgan fingerprint density at radius 1 is 1.17 bits per heavy atom. The Kier molecular flexibility index (Phi) is 3.39. The zero-order valence-corrected chi connectivity index (χ0v) is 11.9. The SMILES string of the molecule is O=Cc1cc(Br)ccc1N1CCN(C2CC2)CC1. The van der Waals surface area contributed by atoms with Crippen molar-refractivity contribution in [2.45, 2.75) is 18.9 Å². The summed E-state index contributed by atoms with van der Waals surface area (Å²) in [5.74, 6) is 0. The summed E-state index contributed by atoms with van der Waals surface area (Å²) in [5, 5.41) is 0. The fourth-order valence-electron chi connectivity index (χ4n) is 2.68. The second-order valence-electron chi connectivity index (χ2n) is 5.08. The third-order valence-electron chi connectivity index (χ3n) is 3.83. The maximum absolute atomic E-state index is 11.1. The van der Waals surface area contributed by atoms with Gasteiger partial charge in [-0.25, -0.2) is 0 Å². The molecular formula is C14H17BrN2O. The average Bonchev–Trinajstić information content (AvgIpc) is 3.23. The summed E-state index contributed by atoms with van der Waals surface area (Å²) in [6, 6.07) is 6.80. The zero-order valence-electron chi connectivity index (χ0n) is 10.3. The van der Waals surface area contributed by atoms with E-state index in [1.54, 1.807) is 0 Å². The van der Waals surface area contributed by atoms with E-state index in [4.69, 9.17) is 0 Å². The molecule has 0 N–H and O–H groups in total. The van der Waals surface area contributed by atoms with Crippen molar-refractivity contribution in [3.05, 3.63) is 28.2 Å². The Morgan fingerprint density at radius 2 is 1.89 bits per heavy atom. The van der Waals surface area contributed by atoms with Gasteiger partial charge in [0.05, 0.1) is 0 Å². The minimum atomic E-state index is 0.782. The number of carbonyl (C=O) groups is 1. The second kappa shape index (κ2) is 5.02. The third kappa shape index (κ3) is 2.45. The van der Waals surface area contributed by atoms with Gasteiger partial charge < -0.3 is 4.90 Å². The minimum absolute atomic E-state index is 0.782. The lowest BCUT2D eigenvalue weighted by atomic mass is 10.1. The van der Waals surface area contributed by atoms with Gasteiger partial charge in [-0.15, -0.1) is 0 Å². The van der Waals surface area contributed by atoms with Gasteiger partial charge in [0.25, 0.3) is 0 Å². The van der Waals surface area contributed by atoms with Crippen molar-refractivity contribution in [3.63, 3.8) is 0 Å². The normalized spacial score (nSPS) is 21.1. The van der Waals surface area contributed by atoms with E-state index < -0.39 is 0 Å². The standard InChI is InChI=1S/C14H17BrN2O/c15-12-1-4-14(11(9-12)10-18)17-7-5-16(6-8-17)13-2-3-13/h1,4,9-10,13H,2-3,5-8H2. The molecule has 4 heteroatoms. The van der Waals surface area contributed by atoms with Crippen LogP contribution in [0.5, 0.6) is 0 Å². The van der Waals surface area contributed by atoms with Gasteiger partial charge in [0.1, 0.15) is 0 Å². The van der Waals surface area contributed by atoms with Gasteiger partial charge in [0.15, 0.2) is 6.29 Å². The first kappa shape index (κ1) is 12.2. The van der Waals surface area contributed by atoms with Crippen LogP contribution in [0.3, 0.4) is 0 Å². The number of anilines is 1. The first-order chi connectivity index (χ1) is 8.78. The lowest BCUT2D eigenvalue weighted by molar-refractivity contribution is 0.112. The predicted octanol–water partition coefficient (Wildman–Crippen LogP) is 2.55. The van der Waals surface area contributed by atoms with Gasteiger partial charge in [0, 0.05) is 47.9 Å². The third-order valence-corrected chi connectivity index (χ3v) is 4.33. The van der Waals surface area contributed by atoms with Crippen molar-refractivity contribution >= 4 is 27.9 Å². The molecule has 0 aromatic heterocycles. The molecule has 0 amide bonds. The van der Waals surface area contributed by atoms with E-state index in [-0.39, 0.29) is 0 Å². The first-order valence-electron chi connectivity index (χ1n) is 6.51. The largest absolute Gasteiger partial charge is 0.368 e. The van der Waals surface area contributed by atoms with Crippen LogP contribution in [0.1, 0.15) is 23.2 Å². The summed E-state index contributed by atoms with van der Waals surface area (Å²) in [6.45, 7) is 4.30. The lowest BCUT2D eigenvalue weighted by Crippen LogP contribution is -2.47. The summed E-state index contributed by atoms with van der Waals surface area (Å²) in [6.07, 6.45) is 3.70. The van der Waals surface area contributed by atoms with Crippen molar-refractivity contribution in [1.82, 2.24) is 4.90 Å². The van der Waals surface area contributed by atoms with E-state index in [9.17, 15) is 4.79 Å². The van der Waals surface area contributed by atoms with Crippen molar-refractivity contribution < 1.29 is 4.79 Å². The maximum atomic E-state index is 11.1. The topological polar surface area (TPSA) is 23.6 Å². The van der Waals surface area contributed by atoms with Gasteiger partial charge in [-0.2, -0.15) is 0 Å². The van der Waals surface area contributed by atoms with Crippen LogP contribution in [-0.2, 0) is 0 Å². The van der Waals surface area contributed by atoms with E-state index in [0.29, 0.717) is 0 Å². The molecule has 2 fully saturated rings. The van der Waals surface area contributed by atoms with E-state index >= 15 is 0 Å². The molecule has 0 bridgehead atoms. The maximum Gasteiger partial charge on any atom is 0.152 e. The Balaban J connectivity index is 1.73. The molecule has 1 aromatic rings. The number of rotatable bonds is 3. The summed E-state index contributed by atoms with van der Waals surface area (Å²) in [7, 11) is 0. The van der Waals surface area contributed by atoms with Crippen LogP contribution in [0.15, 0.2) is 22.7 Å². The minimum Gasteiger partial charge on any atom is -0.368 e. The summed E-state index contributed by atoms with van der Waals surface area (Å²) < 4.78 is 0.963. The Hall–Kier alpha value is -0.870. The van der Waals surface area contributed by atoms with Crippen LogP contribution in [-0.4, -0.2) is 43.4 Å². The first-order valence-corrected chi connectivity index (χ1v) is 7.31. The van der Waals surface area contributed by atoms with Crippen LogP contribution >= 0.6 is 15.9 Å².